The maximum Gasteiger partial charge on any atom is 0.122 e. The molecule has 0 bridgehead atoms. The van der Waals surface area contributed by atoms with Gasteiger partial charge in [-0.2, -0.15) is 0 Å². The molecule has 1 aliphatic rings. The van der Waals surface area contributed by atoms with E-state index in [0.717, 1.165) is 37.3 Å². The van der Waals surface area contributed by atoms with Crippen LogP contribution in [0.3, 0.4) is 0 Å². The first kappa shape index (κ1) is 18.1. The molecule has 1 aromatic heterocycles. The summed E-state index contributed by atoms with van der Waals surface area (Å²) >= 11 is 0. The largest absolute Gasteiger partial charge is 0.493 e. The van der Waals surface area contributed by atoms with E-state index < -0.39 is 0 Å². The van der Waals surface area contributed by atoms with Gasteiger partial charge in [-0.15, -0.1) is 0 Å². The molecule has 0 unspecified atom stereocenters. The Balaban J connectivity index is 1.37. The number of para-hydroxylation sites is 2. The van der Waals surface area contributed by atoms with E-state index in [4.69, 9.17) is 9.72 Å². The Kier molecular flexibility index (Phi) is 5.20. The summed E-state index contributed by atoms with van der Waals surface area (Å²) in [4.78, 5) is 4.89. The van der Waals surface area contributed by atoms with E-state index in [1.165, 1.54) is 35.3 Å². The maximum atomic E-state index is 6.15. The van der Waals surface area contributed by atoms with Crippen molar-refractivity contribution in [3.63, 3.8) is 0 Å². The maximum absolute atomic E-state index is 6.15. The number of fused-ring (bicyclic) bond motifs is 1. The zero-order chi connectivity index (χ0) is 18.8. The number of rotatable bonds is 8. The average Bonchev–Trinajstić information content (AvgIpc) is 3.43. The van der Waals surface area contributed by atoms with Crippen LogP contribution in [0.4, 0.5) is 0 Å². The molecule has 3 aromatic rings. The van der Waals surface area contributed by atoms with Crippen molar-refractivity contribution < 1.29 is 4.74 Å². The van der Waals surface area contributed by atoms with Gasteiger partial charge < -0.3 is 9.30 Å². The van der Waals surface area contributed by atoms with Crippen molar-refractivity contribution in [2.45, 2.75) is 64.8 Å². The lowest BCUT2D eigenvalue weighted by atomic mass is 10.0. The number of imidazole rings is 1. The van der Waals surface area contributed by atoms with E-state index in [0.29, 0.717) is 11.8 Å². The molecule has 0 saturated heterocycles. The summed E-state index contributed by atoms with van der Waals surface area (Å²) in [7, 11) is 0. The zero-order valence-electron chi connectivity index (χ0n) is 16.7. The lowest BCUT2D eigenvalue weighted by Crippen LogP contribution is -2.06. The van der Waals surface area contributed by atoms with E-state index in [-0.39, 0.29) is 0 Å². The van der Waals surface area contributed by atoms with Gasteiger partial charge in [0.05, 0.1) is 17.6 Å². The predicted octanol–water partition coefficient (Wildman–Crippen LogP) is 6.20. The van der Waals surface area contributed by atoms with Crippen LogP contribution in [0.25, 0.3) is 11.0 Å². The van der Waals surface area contributed by atoms with Gasteiger partial charge in [-0.25, -0.2) is 4.98 Å². The van der Waals surface area contributed by atoms with Crippen LogP contribution in [-0.2, 0) is 6.54 Å². The topological polar surface area (TPSA) is 27.1 Å². The van der Waals surface area contributed by atoms with Crippen LogP contribution >= 0.6 is 0 Å². The third-order valence-corrected chi connectivity index (χ3v) is 5.45. The van der Waals surface area contributed by atoms with Crippen LogP contribution < -0.4 is 4.74 Å². The molecule has 27 heavy (non-hydrogen) atoms. The molecular formula is C24H30N2O. The van der Waals surface area contributed by atoms with Gasteiger partial charge >= 0.3 is 0 Å². The Morgan fingerprint density at radius 2 is 1.93 bits per heavy atom. The van der Waals surface area contributed by atoms with Gasteiger partial charge in [-0.1, -0.05) is 38.1 Å². The monoisotopic (exact) mass is 362 g/mol. The molecule has 0 aliphatic heterocycles. The highest BCUT2D eigenvalue weighted by atomic mass is 16.5. The second-order valence-corrected chi connectivity index (χ2v) is 8.14. The highest BCUT2D eigenvalue weighted by molar-refractivity contribution is 5.76. The number of hydrogen-bond acceptors (Lipinski definition) is 2. The summed E-state index contributed by atoms with van der Waals surface area (Å²) < 4.78 is 8.60. The minimum atomic E-state index is 0.485. The van der Waals surface area contributed by atoms with Crippen LogP contribution in [0.1, 0.15) is 68.3 Å². The second kappa shape index (κ2) is 7.75. The number of ether oxygens (including phenoxy) is 1. The number of nitrogens with zero attached hydrogens (tertiary/aromatic N) is 2. The fourth-order valence-corrected chi connectivity index (χ4v) is 3.78. The number of hydrogen-bond donors (Lipinski definition) is 0. The molecule has 0 spiro atoms. The Hall–Kier alpha value is -2.29. The molecule has 0 radical (unpaired) electrons. The summed E-state index contributed by atoms with van der Waals surface area (Å²) in [5.41, 5.74) is 4.98. The molecule has 4 rings (SSSR count). The number of aryl methyl sites for hydroxylation is 2. The van der Waals surface area contributed by atoms with Crippen LogP contribution in [0.2, 0.25) is 0 Å². The molecule has 142 valence electrons. The van der Waals surface area contributed by atoms with Crippen LogP contribution in [0.15, 0.2) is 42.5 Å². The SMILES string of the molecule is Cc1ccc(C(C)C)c(OCCCCn2c(C3CC3)nc3ccccc32)c1. The lowest BCUT2D eigenvalue weighted by Gasteiger charge is -2.15. The lowest BCUT2D eigenvalue weighted by molar-refractivity contribution is 0.299. The number of aromatic nitrogens is 2. The molecule has 1 fully saturated rings. The van der Waals surface area contributed by atoms with Gasteiger partial charge in [0, 0.05) is 12.5 Å². The van der Waals surface area contributed by atoms with Crippen molar-refractivity contribution in [3.8, 4) is 5.75 Å². The highest BCUT2D eigenvalue weighted by Crippen LogP contribution is 2.40. The van der Waals surface area contributed by atoms with Crippen molar-refractivity contribution in [1.29, 1.82) is 0 Å². The minimum absolute atomic E-state index is 0.485. The van der Waals surface area contributed by atoms with Crippen molar-refractivity contribution >= 4 is 11.0 Å². The molecule has 1 aliphatic carbocycles. The summed E-state index contributed by atoms with van der Waals surface area (Å²) in [6, 6.07) is 15.1. The Morgan fingerprint density at radius 1 is 1.11 bits per heavy atom. The van der Waals surface area contributed by atoms with Crippen molar-refractivity contribution in [2.75, 3.05) is 6.61 Å². The van der Waals surface area contributed by atoms with Gasteiger partial charge in [0.15, 0.2) is 0 Å². The first-order chi connectivity index (χ1) is 13.1. The van der Waals surface area contributed by atoms with Crippen LogP contribution in [-0.4, -0.2) is 16.2 Å². The molecule has 3 nitrogen and oxygen atoms in total. The molecule has 0 N–H and O–H groups in total. The fourth-order valence-electron chi connectivity index (χ4n) is 3.78. The third kappa shape index (κ3) is 4.02. The van der Waals surface area contributed by atoms with Crippen molar-refractivity contribution in [1.82, 2.24) is 9.55 Å². The standard InChI is InChI=1S/C24H30N2O/c1-17(2)20-13-10-18(3)16-23(20)27-15-7-6-14-26-22-9-5-4-8-21(22)25-24(26)19-11-12-19/h4-5,8-10,13,16-17,19H,6-7,11-12,14-15H2,1-3H3. The van der Waals surface area contributed by atoms with E-state index >= 15 is 0 Å². The number of unbranched alkanes of at least 4 members (excludes halogenated alkanes) is 1. The number of benzene rings is 2. The van der Waals surface area contributed by atoms with E-state index in [1.807, 2.05) is 0 Å². The van der Waals surface area contributed by atoms with E-state index in [1.54, 1.807) is 0 Å². The summed E-state index contributed by atoms with van der Waals surface area (Å²) in [5.74, 6) is 3.50. The Labute approximate surface area is 162 Å². The zero-order valence-corrected chi connectivity index (χ0v) is 16.7. The van der Waals surface area contributed by atoms with Crippen molar-refractivity contribution in [3.05, 3.63) is 59.4 Å². The second-order valence-electron chi connectivity index (χ2n) is 8.14. The van der Waals surface area contributed by atoms with E-state index in [9.17, 15) is 0 Å². The summed E-state index contributed by atoms with van der Waals surface area (Å²) in [6.45, 7) is 8.37. The van der Waals surface area contributed by atoms with Gasteiger partial charge in [0.25, 0.3) is 0 Å². The van der Waals surface area contributed by atoms with Crippen LogP contribution in [0, 0.1) is 6.92 Å². The third-order valence-electron chi connectivity index (χ3n) is 5.45. The highest BCUT2D eigenvalue weighted by Gasteiger charge is 2.29. The smallest absolute Gasteiger partial charge is 0.122 e. The van der Waals surface area contributed by atoms with Crippen LogP contribution in [0.5, 0.6) is 5.75 Å². The summed E-state index contributed by atoms with van der Waals surface area (Å²) in [6.07, 6.45) is 4.75. The van der Waals surface area contributed by atoms with Gasteiger partial charge in [-0.05, 0) is 67.9 Å². The van der Waals surface area contributed by atoms with Crippen molar-refractivity contribution in [2.24, 2.45) is 0 Å². The van der Waals surface area contributed by atoms with E-state index in [2.05, 4.69) is 67.8 Å². The molecular weight excluding hydrogens is 332 g/mol. The van der Waals surface area contributed by atoms with Gasteiger partial charge in [0.1, 0.15) is 11.6 Å². The van der Waals surface area contributed by atoms with Gasteiger partial charge in [-0.3, -0.25) is 0 Å². The molecule has 2 aromatic carbocycles. The Bertz CT molecular complexity index is 921. The van der Waals surface area contributed by atoms with Gasteiger partial charge in [0.2, 0.25) is 0 Å². The molecule has 1 saturated carbocycles. The first-order valence-corrected chi connectivity index (χ1v) is 10.3. The minimum Gasteiger partial charge on any atom is -0.493 e. The quantitative estimate of drug-likeness (QED) is 0.446. The normalized spacial score (nSPS) is 14.2. The molecule has 3 heteroatoms. The molecule has 0 atom stereocenters. The predicted molar refractivity (Wildman–Crippen MR) is 112 cm³/mol. The molecule has 0 amide bonds. The first-order valence-electron chi connectivity index (χ1n) is 10.3. The average molecular weight is 363 g/mol. The molecule has 1 heterocycles. The fraction of sp³-hybridized carbons (Fsp3) is 0.458. The Morgan fingerprint density at radius 3 is 2.70 bits per heavy atom. The summed E-state index contributed by atoms with van der Waals surface area (Å²) in [5, 5.41) is 0.